The number of carbonyl (C=O) groups is 1. The minimum Gasteiger partial charge on any atom is -0.390 e. The van der Waals surface area contributed by atoms with Gasteiger partial charge in [0.2, 0.25) is 11.9 Å². The van der Waals surface area contributed by atoms with Gasteiger partial charge in [0.05, 0.1) is 29.1 Å². The molecule has 5 aliphatic carbocycles. The Balaban J connectivity index is 1.25. The molecule has 1 aliphatic heterocycles. The number of morpholine rings is 1. The molecule has 6 fully saturated rings. The van der Waals surface area contributed by atoms with E-state index < -0.39 is 17.4 Å². The van der Waals surface area contributed by atoms with E-state index in [1.54, 1.807) is 0 Å². The average molecular weight is 477 g/mol. The van der Waals surface area contributed by atoms with Gasteiger partial charge in [-0.15, -0.1) is 0 Å². The number of halogens is 2. The van der Waals surface area contributed by atoms with Crippen LogP contribution in [0.15, 0.2) is 6.20 Å². The smallest absolute Gasteiger partial charge is 0.254 e. The molecule has 7 rings (SSSR count). The molecule has 2 heterocycles. The van der Waals surface area contributed by atoms with Gasteiger partial charge in [-0.05, 0) is 63.7 Å². The third-order valence-electron chi connectivity index (χ3n) is 8.77. The molecule has 1 aromatic heterocycles. The zero-order chi connectivity index (χ0) is 23.8. The molecule has 4 unspecified atom stereocenters. The Bertz CT molecular complexity index is 957. The second-order valence-electron chi connectivity index (χ2n) is 11.8. The van der Waals surface area contributed by atoms with Crippen LogP contribution in [0.25, 0.3) is 0 Å². The Hall–Kier alpha value is -1.87. The number of hydrogen-bond donors (Lipinski definition) is 2. The summed E-state index contributed by atoms with van der Waals surface area (Å²) in [5.41, 5.74) is 0.172. The maximum Gasteiger partial charge on any atom is 0.254 e. The zero-order valence-electron chi connectivity index (χ0n) is 19.8. The second kappa shape index (κ2) is 7.82. The Labute approximate surface area is 198 Å². The van der Waals surface area contributed by atoms with Gasteiger partial charge in [0.1, 0.15) is 0 Å². The van der Waals surface area contributed by atoms with E-state index >= 15 is 0 Å². The number of hydrogen-bond acceptors (Lipinski definition) is 6. The van der Waals surface area contributed by atoms with Gasteiger partial charge >= 0.3 is 0 Å². The number of anilines is 1. The molecule has 34 heavy (non-hydrogen) atoms. The summed E-state index contributed by atoms with van der Waals surface area (Å²) in [7, 11) is 0. The molecule has 0 radical (unpaired) electrons. The van der Waals surface area contributed by atoms with E-state index in [9.17, 15) is 18.7 Å². The molecule has 1 aromatic rings. The van der Waals surface area contributed by atoms with Crippen LogP contribution in [0.3, 0.4) is 0 Å². The molecule has 1 amide bonds. The van der Waals surface area contributed by atoms with Crippen molar-refractivity contribution in [3.8, 4) is 0 Å². The van der Waals surface area contributed by atoms with Crippen LogP contribution < -0.4 is 10.2 Å². The van der Waals surface area contributed by atoms with Crippen molar-refractivity contribution in [2.75, 3.05) is 18.0 Å². The van der Waals surface area contributed by atoms with Crippen molar-refractivity contribution in [2.24, 2.45) is 17.8 Å². The van der Waals surface area contributed by atoms with Gasteiger partial charge in [-0.3, -0.25) is 4.79 Å². The van der Waals surface area contributed by atoms with Gasteiger partial charge in [0.15, 0.2) is 0 Å². The SMILES string of the molecule is CC1CN(c2ncc(C(=O)NC3C4CC5CC3CC(O)(C5)C4)c(C3CC(F)(F)C3)n2)CC(C)O1. The first-order valence-electron chi connectivity index (χ1n) is 12.8. The number of carbonyl (C=O) groups excluding carboxylic acids is 1. The summed E-state index contributed by atoms with van der Waals surface area (Å²) >= 11 is 0. The van der Waals surface area contributed by atoms with Gasteiger partial charge < -0.3 is 20.1 Å². The standard InChI is InChI=1S/C25H34F2N4O3/c1-13-11-31(12-14(2)34-13)23-28-10-19(21(30-23)18-8-25(26,27)9-18)22(32)29-20-16-3-15-4-17(20)7-24(33,5-15)6-16/h10,13-18,20,33H,3-9,11-12H2,1-2H3,(H,29,32). The minimum atomic E-state index is -2.71. The summed E-state index contributed by atoms with van der Waals surface area (Å²) in [5.74, 6) is -1.87. The number of aliphatic hydroxyl groups is 1. The molecule has 2 N–H and O–H groups in total. The van der Waals surface area contributed by atoms with Crippen molar-refractivity contribution in [3.63, 3.8) is 0 Å². The van der Waals surface area contributed by atoms with Gasteiger partial charge in [-0.1, -0.05) is 0 Å². The van der Waals surface area contributed by atoms with E-state index in [1.165, 1.54) is 6.20 Å². The molecule has 0 aromatic carbocycles. The summed E-state index contributed by atoms with van der Waals surface area (Å²) in [5, 5.41) is 14.1. The lowest BCUT2D eigenvalue weighted by Gasteiger charge is -2.58. The lowest BCUT2D eigenvalue weighted by atomic mass is 9.52. The van der Waals surface area contributed by atoms with E-state index in [1.807, 2.05) is 18.7 Å². The number of aromatic nitrogens is 2. The van der Waals surface area contributed by atoms with Gasteiger partial charge in [-0.25, -0.2) is 18.7 Å². The zero-order valence-corrected chi connectivity index (χ0v) is 19.8. The Kier molecular flexibility index (Phi) is 5.19. The number of alkyl halides is 2. The van der Waals surface area contributed by atoms with Crippen LogP contribution in [0, 0.1) is 17.8 Å². The van der Waals surface area contributed by atoms with Crippen molar-refractivity contribution in [1.82, 2.24) is 15.3 Å². The molecule has 0 spiro atoms. The Morgan fingerprint density at radius 2 is 1.76 bits per heavy atom. The molecule has 7 nitrogen and oxygen atoms in total. The third-order valence-corrected chi connectivity index (χ3v) is 8.77. The Morgan fingerprint density at radius 3 is 2.35 bits per heavy atom. The van der Waals surface area contributed by atoms with Crippen LogP contribution in [-0.4, -0.2) is 63.8 Å². The molecule has 9 heteroatoms. The molecular weight excluding hydrogens is 442 g/mol. The fourth-order valence-corrected chi connectivity index (χ4v) is 7.67. The van der Waals surface area contributed by atoms with E-state index in [0.29, 0.717) is 36.2 Å². The largest absolute Gasteiger partial charge is 0.390 e. The molecule has 4 atom stereocenters. The van der Waals surface area contributed by atoms with Crippen LogP contribution in [0.2, 0.25) is 0 Å². The normalized spacial score (nSPS) is 40.8. The number of amides is 1. The Morgan fingerprint density at radius 1 is 1.12 bits per heavy atom. The summed E-state index contributed by atoms with van der Waals surface area (Å²) in [6, 6.07) is 0.0145. The van der Waals surface area contributed by atoms with Crippen molar-refractivity contribution in [1.29, 1.82) is 0 Å². The van der Waals surface area contributed by atoms with E-state index in [-0.39, 0.29) is 48.8 Å². The van der Waals surface area contributed by atoms with Crippen LogP contribution in [0.5, 0.6) is 0 Å². The molecule has 5 saturated carbocycles. The van der Waals surface area contributed by atoms with Crippen LogP contribution in [-0.2, 0) is 4.74 Å². The number of ether oxygens (including phenoxy) is 1. The van der Waals surface area contributed by atoms with E-state index in [2.05, 4.69) is 10.3 Å². The monoisotopic (exact) mass is 476 g/mol. The van der Waals surface area contributed by atoms with Crippen molar-refractivity contribution in [2.45, 2.75) is 94.5 Å². The van der Waals surface area contributed by atoms with Crippen molar-refractivity contribution < 1.29 is 23.4 Å². The maximum atomic E-state index is 13.8. The van der Waals surface area contributed by atoms with Gasteiger partial charge in [0.25, 0.3) is 5.91 Å². The van der Waals surface area contributed by atoms with Crippen LogP contribution >= 0.6 is 0 Å². The fraction of sp³-hybridized carbons (Fsp3) is 0.800. The van der Waals surface area contributed by atoms with E-state index in [4.69, 9.17) is 9.72 Å². The van der Waals surface area contributed by atoms with Crippen molar-refractivity contribution in [3.05, 3.63) is 17.5 Å². The summed E-state index contributed by atoms with van der Waals surface area (Å²) in [6.07, 6.45) is 5.39. The molecule has 186 valence electrons. The molecule has 6 aliphatic rings. The molecule has 1 saturated heterocycles. The fourth-order valence-electron chi connectivity index (χ4n) is 7.67. The van der Waals surface area contributed by atoms with Gasteiger partial charge in [0, 0.05) is 44.1 Å². The van der Waals surface area contributed by atoms with Gasteiger partial charge in [-0.2, -0.15) is 0 Å². The number of nitrogens with one attached hydrogen (secondary N) is 1. The van der Waals surface area contributed by atoms with E-state index in [0.717, 1.165) is 32.1 Å². The van der Waals surface area contributed by atoms with Crippen LogP contribution in [0.1, 0.15) is 80.8 Å². The minimum absolute atomic E-state index is 0.0125. The highest BCUT2D eigenvalue weighted by Gasteiger charge is 2.55. The van der Waals surface area contributed by atoms with Crippen molar-refractivity contribution >= 4 is 11.9 Å². The first kappa shape index (κ1) is 22.6. The maximum absolute atomic E-state index is 13.8. The predicted molar refractivity (Wildman–Crippen MR) is 121 cm³/mol. The second-order valence-corrected chi connectivity index (χ2v) is 11.8. The van der Waals surface area contributed by atoms with Crippen LogP contribution in [0.4, 0.5) is 14.7 Å². The highest BCUT2D eigenvalue weighted by atomic mass is 19.3. The molecular formula is C25H34F2N4O3. The summed E-state index contributed by atoms with van der Waals surface area (Å²) < 4.78 is 33.3. The number of rotatable bonds is 4. The topological polar surface area (TPSA) is 87.6 Å². The summed E-state index contributed by atoms with van der Waals surface area (Å²) in [6.45, 7) is 5.20. The first-order chi connectivity index (χ1) is 16.1. The quantitative estimate of drug-likeness (QED) is 0.694. The third kappa shape index (κ3) is 3.98. The predicted octanol–water partition coefficient (Wildman–Crippen LogP) is 3.27. The number of nitrogens with zero attached hydrogens (tertiary/aromatic N) is 3. The lowest BCUT2D eigenvalue weighted by Crippen LogP contribution is -2.61. The highest BCUT2D eigenvalue weighted by molar-refractivity contribution is 5.95. The average Bonchev–Trinajstić information content (AvgIpc) is 2.72. The first-order valence-corrected chi connectivity index (χ1v) is 12.8. The highest BCUT2D eigenvalue weighted by Crippen LogP contribution is 2.56. The summed E-state index contributed by atoms with van der Waals surface area (Å²) in [4.78, 5) is 24.7. The lowest BCUT2D eigenvalue weighted by molar-refractivity contribution is -0.136. The molecule has 4 bridgehead atoms.